The monoisotopic (exact) mass is 456 g/mol. The van der Waals surface area contributed by atoms with Crippen molar-refractivity contribution in [2.24, 2.45) is 4.99 Å². The largest absolute Gasteiger partial charge is 0.469 e. The molecule has 1 aromatic heterocycles. The number of likely N-dealkylation sites (N-methyl/N-ethyl adjacent to an activating group) is 1. The minimum atomic E-state index is 0. The van der Waals surface area contributed by atoms with Crippen LogP contribution in [0.15, 0.2) is 52.1 Å². The third-order valence-corrected chi connectivity index (χ3v) is 4.02. The molecule has 0 amide bonds. The number of hydrogen-bond donors (Lipinski definition) is 2. The van der Waals surface area contributed by atoms with Crippen LogP contribution in [0.5, 0.6) is 0 Å². The molecule has 2 N–H and O–H groups in total. The van der Waals surface area contributed by atoms with Crippen LogP contribution in [0, 0.1) is 6.92 Å². The summed E-state index contributed by atoms with van der Waals surface area (Å²) in [7, 11) is 5.98. The molecule has 138 valence electrons. The lowest BCUT2D eigenvalue weighted by atomic mass is 10.0. The van der Waals surface area contributed by atoms with Crippen molar-refractivity contribution in [1.29, 1.82) is 0 Å². The maximum atomic E-state index is 5.34. The van der Waals surface area contributed by atoms with Crippen LogP contribution in [0.25, 0.3) is 0 Å². The third kappa shape index (κ3) is 7.07. The second-order valence-electron chi connectivity index (χ2n) is 6.10. The van der Waals surface area contributed by atoms with E-state index in [2.05, 4.69) is 65.8 Å². The van der Waals surface area contributed by atoms with E-state index >= 15 is 0 Å². The molecule has 1 atom stereocenters. The van der Waals surface area contributed by atoms with E-state index in [0.29, 0.717) is 0 Å². The molecule has 1 unspecified atom stereocenters. The Bertz CT molecular complexity index is 623. The van der Waals surface area contributed by atoms with Crippen molar-refractivity contribution in [1.82, 2.24) is 15.5 Å². The molecule has 0 aliphatic heterocycles. The number of guanidine groups is 1. The van der Waals surface area contributed by atoms with E-state index in [9.17, 15) is 0 Å². The number of furan rings is 1. The average Bonchev–Trinajstić information content (AvgIpc) is 3.08. The fraction of sp³-hybridized carbons (Fsp3) is 0.421. The lowest BCUT2D eigenvalue weighted by Gasteiger charge is -2.26. The Hall–Kier alpha value is -1.54. The van der Waals surface area contributed by atoms with Gasteiger partial charge in [-0.3, -0.25) is 4.99 Å². The minimum absolute atomic E-state index is 0. The van der Waals surface area contributed by atoms with Crippen LogP contribution < -0.4 is 10.6 Å². The van der Waals surface area contributed by atoms with E-state index in [1.807, 2.05) is 12.1 Å². The molecule has 0 aliphatic rings. The van der Waals surface area contributed by atoms with Crippen molar-refractivity contribution in [3.63, 3.8) is 0 Å². The van der Waals surface area contributed by atoms with Gasteiger partial charge in [-0.2, -0.15) is 0 Å². The fourth-order valence-corrected chi connectivity index (χ4v) is 2.56. The van der Waals surface area contributed by atoms with Gasteiger partial charge in [0, 0.05) is 26.6 Å². The molecular formula is C19H29IN4O. The average molecular weight is 456 g/mol. The highest BCUT2D eigenvalue weighted by molar-refractivity contribution is 14.0. The fourth-order valence-electron chi connectivity index (χ4n) is 2.56. The summed E-state index contributed by atoms with van der Waals surface area (Å²) in [6, 6.07) is 12.9. The van der Waals surface area contributed by atoms with Gasteiger partial charge in [-0.15, -0.1) is 24.0 Å². The highest BCUT2D eigenvalue weighted by Crippen LogP contribution is 2.17. The van der Waals surface area contributed by atoms with E-state index in [1.54, 1.807) is 13.3 Å². The number of rotatable bonds is 7. The normalized spacial score (nSPS) is 12.6. The van der Waals surface area contributed by atoms with Crippen LogP contribution in [0.2, 0.25) is 0 Å². The Morgan fingerprint density at radius 2 is 1.88 bits per heavy atom. The molecule has 0 saturated carbocycles. The summed E-state index contributed by atoms with van der Waals surface area (Å²) in [5.74, 6) is 1.78. The van der Waals surface area contributed by atoms with Gasteiger partial charge in [-0.1, -0.05) is 29.8 Å². The number of benzene rings is 1. The number of nitrogens with zero attached hydrogens (tertiary/aromatic N) is 2. The predicted molar refractivity (Wildman–Crippen MR) is 115 cm³/mol. The van der Waals surface area contributed by atoms with Gasteiger partial charge in [0.2, 0.25) is 0 Å². The first-order chi connectivity index (χ1) is 11.6. The molecule has 0 spiro atoms. The molecule has 6 heteroatoms. The number of aryl methyl sites for hydroxylation is 1. The Kier molecular flexibility index (Phi) is 9.59. The van der Waals surface area contributed by atoms with Crippen molar-refractivity contribution in [3.05, 3.63) is 59.5 Å². The molecule has 1 heterocycles. The van der Waals surface area contributed by atoms with E-state index in [-0.39, 0.29) is 30.0 Å². The zero-order valence-corrected chi connectivity index (χ0v) is 17.8. The number of halogens is 1. The first kappa shape index (κ1) is 21.5. The SMILES string of the molecule is CN=C(NCCc1ccco1)NCC(c1ccc(C)cc1)N(C)C.I. The first-order valence-electron chi connectivity index (χ1n) is 8.30. The molecule has 0 saturated heterocycles. The van der Waals surface area contributed by atoms with Gasteiger partial charge in [-0.25, -0.2) is 0 Å². The summed E-state index contributed by atoms with van der Waals surface area (Å²) >= 11 is 0. The molecule has 25 heavy (non-hydrogen) atoms. The number of hydrogen-bond acceptors (Lipinski definition) is 3. The molecule has 5 nitrogen and oxygen atoms in total. The molecular weight excluding hydrogens is 427 g/mol. The van der Waals surface area contributed by atoms with Crippen LogP contribution in [0.4, 0.5) is 0 Å². The molecule has 0 radical (unpaired) electrons. The quantitative estimate of drug-likeness (QED) is 0.382. The van der Waals surface area contributed by atoms with Crippen molar-refractivity contribution in [3.8, 4) is 0 Å². The summed E-state index contributed by atoms with van der Waals surface area (Å²) in [4.78, 5) is 6.51. The van der Waals surface area contributed by atoms with Gasteiger partial charge >= 0.3 is 0 Å². The zero-order chi connectivity index (χ0) is 17.4. The van der Waals surface area contributed by atoms with Crippen molar-refractivity contribution >= 4 is 29.9 Å². The van der Waals surface area contributed by atoms with Crippen molar-refractivity contribution in [2.45, 2.75) is 19.4 Å². The molecule has 0 aliphatic carbocycles. The maximum Gasteiger partial charge on any atom is 0.191 e. The van der Waals surface area contributed by atoms with E-state index in [0.717, 1.165) is 31.2 Å². The molecule has 0 bridgehead atoms. The molecule has 0 fully saturated rings. The standard InChI is InChI=1S/C19H28N4O.HI/c1-15-7-9-16(10-8-15)18(23(3)4)14-22-19(20-2)21-12-11-17-6-5-13-24-17;/h5-10,13,18H,11-12,14H2,1-4H3,(H2,20,21,22);1H. The van der Waals surface area contributed by atoms with Crippen molar-refractivity contribution in [2.75, 3.05) is 34.2 Å². The van der Waals surface area contributed by atoms with Gasteiger partial charge in [-0.05, 0) is 38.7 Å². The van der Waals surface area contributed by atoms with Gasteiger partial charge < -0.3 is 20.0 Å². The molecule has 2 rings (SSSR count). The lowest BCUT2D eigenvalue weighted by molar-refractivity contribution is 0.298. The molecule has 2 aromatic rings. The first-order valence-corrected chi connectivity index (χ1v) is 8.30. The molecule has 1 aromatic carbocycles. The smallest absolute Gasteiger partial charge is 0.191 e. The van der Waals surface area contributed by atoms with E-state index in [1.165, 1.54) is 11.1 Å². The van der Waals surface area contributed by atoms with E-state index in [4.69, 9.17) is 4.42 Å². The Balaban J connectivity index is 0.00000312. The summed E-state index contributed by atoms with van der Waals surface area (Å²) < 4.78 is 5.34. The minimum Gasteiger partial charge on any atom is -0.469 e. The highest BCUT2D eigenvalue weighted by Gasteiger charge is 2.14. The third-order valence-electron chi connectivity index (χ3n) is 4.02. The lowest BCUT2D eigenvalue weighted by Crippen LogP contribution is -2.42. The maximum absolute atomic E-state index is 5.34. The van der Waals surface area contributed by atoms with Crippen LogP contribution in [0.3, 0.4) is 0 Å². The highest BCUT2D eigenvalue weighted by atomic mass is 127. The second-order valence-corrected chi connectivity index (χ2v) is 6.10. The van der Waals surface area contributed by atoms with Crippen LogP contribution >= 0.6 is 24.0 Å². The summed E-state index contributed by atoms with van der Waals surface area (Å²) in [6.07, 6.45) is 2.54. The van der Waals surface area contributed by atoms with Crippen molar-refractivity contribution < 1.29 is 4.42 Å². The van der Waals surface area contributed by atoms with Gasteiger partial charge in [0.25, 0.3) is 0 Å². The summed E-state index contributed by atoms with van der Waals surface area (Å²) in [5, 5.41) is 6.73. The Labute approximate surface area is 167 Å². The van der Waals surface area contributed by atoms with E-state index < -0.39 is 0 Å². The van der Waals surface area contributed by atoms with Crippen LogP contribution in [0.1, 0.15) is 22.9 Å². The van der Waals surface area contributed by atoms with Gasteiger partial charge in [0.1, 0.15) is 5.76 Å². The zero-order valence-electron chi connectivity index (χ0n) is 15.5. The predicted octanol–water partition coefficient (Wildman–Crippen LogP) is 3.22. The van der Waals surface area contributed by atoms with Gasteiger partial charge in [0.15, 0.2) is 5.96 Å². The Morgan fingerprint density at radius 3 is 2.44 bits per heavy atom. The number of nitrogens with one attached hydrogen (secondary N) is 2. The van der Waals surface area contributed by atoms with Crippen LogP contribution in [-0.4, -0.2) is 45.1 Å². The number of aliphatic imine (C=N–C) groups is 1. The summed E-state index contributed by atoms with van der Waals surface area (Å²) in [5.41, 5.74) is 2.57. The second kappa shape index (κ2) is 11.1. The summed E-state index contributed by atoms with van der Waals surface area (Å²) in [6.45, 7) is 3.68. The topological polar surface area (TPSA) is 52.8 Å². The Morgan fingerprint density at radius 1 is 1.16 bits per heavy atom. The van der Waals surface area contributed by atoms with Gasteiger partial charge in [0.05, 0.1) is 12.3 Å². The van der Waals surface area contributed by atoms with Crippen LogP contribution in [-0.2, 0) is 6.42 Å².